The number of anilines is 2. The molecule has 0 heterocycles. The van der Waals surface area contributed by atoms with Crippen LogP contribution in [-0.4, -0.2) is 14.3 Å². The molecule has 0 aliphatic heterocycles. The molecule has 0 radical (unpaired) electrons. The van der Waals surface area contributed by atoms with Crippen LogP contribution in [0.1, 0.15) is 10.4 Å². The topological polar surface area (TPSA) is 75.3 Å². The van der Waals surface area contributed by atoms with Gasteiger partial charge in [-0.1, -0.05) is 42.5 Å². The summed E-state index contributed by atoms with van der Waals surface area (Å²) in [6.07, 6.45) is 0. The lowest BCUT2D eigenvalue weighted by molar-refractivity contribution is 0.102. The van der Waals surface area contributed by atoms with E-state index in [1.807, 2.05) is 54.6 Å². The number of rotatable bonds is 6. The van der Waals surface area contributed by atoms with E-state index < -0.39 is 10.0 Å². The molecule has 1 amide bonds. The maximum absolute atomic E-state index is 12.6. The molecule has 0 bridgehead atoms. The highest BCUT2D eigenvalue weighted by Crippen LogP contribution is 2.21. The Hall–Kier alpha value is -3.17. The predicted octanol–water partition coefficient (Wildman–Crippen LogP) is 6.01. The lowest BCUT2D eigenvalue weighted by Gasteiger charge is -2.10. The van der Waals surface area contributed by atoms with Gasteiger partial charge in [0.2, 0.25) is 0 Å². The van der Waals surface area contributed by atoms with Crippen molar-refractivity contribution < 1.29 is 13.2 Å². The summed E-state index contributed by atoms with van der Waals surface area (Å²) in [6.45, 7) is 0. The second-order valence-electron chi connectivity index (χ2n) is 7.03. The first-order valence-electron chi connectivity index (χ1n) is 9.76. The molecule has 4 aromatic carbocycles. The molecule has 2 N–H and O–H groups in total. The van der Waals surface area contributed by atoms with Crippen molar-refractivity contribution >= 4 is 49.9 Å². The summed E-state index contributed by atoms with van der Waals surface area (Å²) < 4.78 is 28.7. The fourth-order valence-corrected chi connectivity index (χ4v) is 4.52. The van der Waals surface area contributed by atoms with Crippen LogP contribution in [0.5, 0.6) is 0 Å². The van der Waals surface area contributed by atoms with Gasteiger partial charge in [0.15, 0.2) is 0 Å². The van der Waals surface area contributed by atoms with Crippen LogP contribution in [0, 0.1) is 3.57 Å². The third kappa shape index (κ3) is 5.35. The van der Waals surface area contributed by atoms with Gasteiger partial charge in [-0.3, -0.25) is 9.52 Å². The van der Waals surface area contributed by atoms with Crippen LogP contribution in [0.4, 0.5) is 11.4 Å². The molecule has 0 fully saturated rings. The van der Waals surface area contributed by atoms with E-state index in [2.05, 4.69) is 32.6 Å². The van der Waals surface area contributed by atoms with Crippen molar-refractivity contribution in [3.05, 3.63) is 112 Å². The first-order chi connectivity index (χ1) is 15.4. The molecular formula is C25H19IN2O3S. The summed E-state index contributed by atoms with van der Waals surface area (Å²) in [5.74, 6) is -0.266. The highest BCUT2D eigenvalue weighted by atomic mass is 127. The van der Waals surface area contributed by atoms with Gasteiger partial charge in [-0.25, -0.2) is 8.42 Å². The van der Waals surface area contributed by atoms with Crippen molar-refractivity contribution in [3.8, 4) is 11.1 Å². The van der Waals surface area contributed by atoms with E-state index in [-0.39, 0.29) is 10.8 Å². The molecule has 4 rings (SSSR count). The van der Waals surface area contributed by atoms with Crippen molar-refractivity contribution in [1.29, 1.82) is 0 Å². The van der Waals surface area contributed by atoms with Gasteiger partial charge in [-0.2, -0.15) is 0 Å². The standard InChI is InChI=1S/C25H19IN2O3S/c26-21-10-12-23(13-11-21)28-32(30,31)24-16-14-22(15-17-24)27-25(29)20-8-6-19(7-9-20)18-4-2-1-3-5-18/h1-17,28H,(H,27,29). The molecule has 0 atom stereocenters. The number of nitrogens with one attached hydrogen (secondary N) is 2. The van der Waals surface area contributed by atoms with Crippen LogP contribution >= 0.6 is 22.6 Å². The van der Waals surface area contributed by atoms with Crippen LogP contribution < -0.4 is 10.0 Å². The van der Waals surface area contributed by atoms with Gasteiger partial charge in [0, 0.05) is 20.5 Å². The summed E-state index contributed by atoms with van der Waals surface area (Å²) >= 11 is 2.15. The molecule has 32 heavy (non-hydrogen) atoms. The highest BCUT2D eigenvalue weighted by molar-refractivity contribution is 14.1. The quantitative estimate of drug-likeness (QED) is 0.287. The highest BCUT2D eigenvalue weighted by Gasteiger charge is 2.14. The summed E-state index contributed by atoms with van der Waals surface area (Å²) in [4.78, 5) is 12.7. The number of hydrogen-bond acceptors (Lipinski definition) is 3. The van der Waals surface area contributed by atoms with Gasteiger partial charge in [0.25, 0.3) is 15.9 Å². The minimum Gasteiger partial charge on any atom is -0.322 e. The van der Waals surface area contributed by atoms with Crippen LogP contribution in [0.3, 0.4) is 0 Å². The second-order valence-corrected chi connectivity index (χ2v) is 9.96. The molecule has 0 spiro atoms. The first kappa shape index (κ1) is 22.0. The summed E-state index contributed by atoms with van der Waals surface area (Å²) in [5.41, 5.74) is 3.62. The Bertz CT molecular complexity index is 1320. The van der Waals surface area contributed by atoms with Crippen molar-refractivity contribution in [3.63, 3.8) is 0 Å². The smallest absolute Gasteiger partial charge is 0.261 e. The van der Waals surface area contributed by atoms with Gasteiger partial charge < -0.3 is 5.32 Å². The Morgan fingerprint density at radius 1 is 0.656 bits per heavy atom. The average Bonchev–Trinajstić information content (AvgIpc) is 2.81. The molecule has 0 unspecified atom stereocenters. The minimum atomic E-state index is -3.72. The number of benzene rings is 4. The maximum Gasteiger partial charge on any atom is 0.261 e. The molecule has 160 valence electrons. The molecular weight excluding hydrogens is 535 g/mol. The fourth-order valence-electron chi connectivity index (χ4n) is 3.10. The van der Waals surface area contributed by atoms with Gasteiger partial charge in [0.05, 0.1) is 4.90 Å². The van der Waals surface area contributed by atoms with E-state index >= 15 is 0 Å². The Kier molecular flexibility index (Phi) is 6.57. The largest absolute Gasteiger partial charge is 0.322 e. The van der Waals surface area contributed by atoms with Crippen LogP contribution in [0.25, 0.3) is 11.1 Å². The first-order valence-corrected chi connectivity index (χ1v) is 12.3. The molecule has 0 saturated heterocycles. The Balaban J connectivity index is 1.43. The lowest BCUT2D eigenvalue weighted by atomic mass is 10.0. The van der Waals surface area contributed by atoms with E-state index in [1.165, 1.54) is 12.1 Å². The van der Waals surface area contributed by atoms with Crippen LogP contribution in [-0.2, 0) is 10.0 Å². The van der Waals surface area contributed by atoms with Gasteiger partial charge in [0.1, 0.15) is 0 Å². The number of hydrogen-bond donors (Lipinski definition) is 2. The second kappa shape index (κ2) is 9.54. The third-order valence-electron chi connectivity index (χ3n) is 4.77. The molecule has 0 aliphatic carbocycles. The van der Waals surface area contributed by atoms with Crippen molar-refractivity contribution in [1.82, 2.24) is 0 Å². The van der Waals surface area contributed by atoms with E-state index in [0.29, 0.717) is 16.9 Å². The predicted molar refractivity (Wildman–Crippen MR) is 136 cm³/mol. The monoisotopic (exact) mass is 554 g/mol. The SMILES string of the molecule is O=C(Nc1ccc(S(=O)(=O)Nc2ccc(I)cc2)cc1)c1ccc(-c2ccccc2)cc1. The number of sulfonamides is 1. The fraction of sp³-hybridized carbons (Fsp3) is 0. The lowest BCUT2D eigenvalue weighted by Crippen LogP contribution is -2.14. The molecule has 4 aromatic rings. The summed E-state index contributed by atoms with van der Waals surface area (Å²) in [5, 5.41) is 2.80. The zero-order chi connectivity index (χ0) is 22.6. The number of halogens is 1. The molecule has 0 saturated carbocycles. The number of carbonyl (C=O) groups is 1. The maximum atomic E-state index is 12.6. The Morgan fingerprint density at radius 2 is 1.22 bits per heavy atom. The van der Waals surface area contributed by atoms with Crippen molar-refractivity contribution in [2.24, 2.45) is 0 Å². The Morgan fingerprint density at radius 3 is 1.84 bits per heavy atom. The number of carbonyl (C=O) groups excluding carboxylic acids is 1. The van der Waals surface area contributed by atoms with E-state index in [1.54, 1.807) is 36.4 Å². The van der Waals surface area contributed by atoms with Gasteiger partial charge in [-0.05, 0) is 94.4 Å². The van der Waals surface area contributed by atoms with Crippen molar-refractivity contribution in [2.75, 3.05) is 10.0 Å². The minimum absolute atomic E-state index is 0.112. The molecule has 5 nitrogen and oxygen atoms in total. The zero-order valence-corrected chi connectivity index (χ0v) is 19.8. The van der Waals surface area contributed by atoms with Crippen molar-refractivity contribution in [2.45, 2.75) is 4.90 Å². The van der Waals surface area contributed by atoms with Crippen LogP contribution in [0.2, 0.25) is 0 Å². The summed E-state index contributed by atoms with van der Waals surface area (Å²) in [7, 11) is -3.72. The van der Waals surface area contributed by atoms with E-state index in [4.69, 9.17) is 0 Å². The molecule has 0 aromatic heterocycles. The number of amides is 1. The van der Waals surface area contributed by atoms with Gasteiger partial charge in [-0.15, -0.1) is 0 Å². The summed E-state index contributed by atoms with van der Waals surface area (Å²) in [6, 6.07) is 30.4. The average molecular weight is 554 g/mol. The zero-order valence-electron chi connectivity index (χ0n) is 16.8. The van der Waals surface area contributed by atoms with E-state index in [9.17, 15) is 13.2 Å². The normalized spacial score (nSPS) is 11.0. The van der Waals surface area contributed by atoms with Crippen LogP contribution in [0.15, 0.2) is 108 Å². The Labute approximate surface area is 200 Å². The third-order valence-corrected chi connectivity index (χ3v) is 6.89. The molecule has 0 aliphatic rings. The van der Waals surface area contributed by atoms with Gasteiger partial charge >= 0.3 is 0 Å². The van der Waals surface area contributed by atoms with E-state index in [0.717, 1.165) is 14.7 Å². The molecule has 7 heteroatoms.